The van der Waals surface area contributed by atoms with Crippen molar-refractivity contribution in [1.29, 1.82) is 0 Å². The van der Waals surface area contributed by atoms with Crippen molar-refractivity contribution >= 4 is 29.2 Å². The molecule has 9 heteroatoms. The van der Waals surface area contributed by atoms with E-state index in [1.807, 2.05) is 24.3 Å². The molecular formula is C16H13Cl2N5O2. The van der Waals surface area contributed by atoms with Crippen molar-refractivity contribution in [3.63, 3.8) is 0 Å². The number of aromatic nitrogens is 4. The second-order valence-corrected chi connectivity index (χ2v) is 6.19. The molecule has 0 bridgehead atoms. The SMILES string of the molecule is NC(Cc1cc(Cl)c(Cl)c(-c2ccc(-c3nn[nH]n3)cc2)c1)C(=O)O. The largest absolute Gasteiger partial charge is 0.480 e. The van der Waals surface area contributed by atoms with E-state index in [1.54, 1.807) is 12.1 Å². The molecule has 0 saturated heterocycles. The van der Waals surface area contributed by atoms with Crippen LogP contribution >= 0.6 is 23.2 Å². The molecule has 25 heavy (non-hydrogen) atoms. The number of aromatic amines is 1. The normalized spacial score (nSPS) is 12.1. The maximum absolute atomic E-state index is 11.0. The smallest absolute Gasteiger partial charge is 0.320 e. The van der Waals surface area contributed by atoms with Crippen molar-refractivity contribution in [2.45, 2.75) is 12.5 Å². The van der Waals surface area contributed by atoms with Crippen LogP contribution in [-0.4, -0.2) is 37.7 Å². The molecule has 1 atom stereocenters. The molecule has 3 rings (SSSR count). The van der Waals surface area contributed by atoms with Crippen LogP contribution in [0.2, 0.25) is 10.0 Å². The van der Waals surface area contributed by atoms with Crippen LogP contribution in [0.25, 0.3) is 22.5 Å². The standard InChI is InChI=1S/C16H13Cl2N5O2/c17-12-6-8(7-13(19)16(24)25)5-11(14(12)18)9-1-3-10(4-2-9)15-20-22-23-21-15/h1-6,13H,7,19H2,(H,24,25)(H,20,21,22,23). The van der Waals surface area contributed by atoms with E-state index in [0.29, 0.717) is 27.0 Å². The van der Waals surface area contributed by atoms with Gasteiger partial charge < -0.3 is 10.8 Å². The summed E-state index contributed by atoms with van der Waals surface area (Å²) >= 11 is 12.5. The fourth-order valence-electron chi connectivity index (χ4n) is 2.40. The van der Waals surface area contributed by atoms with E-state index in [-0.39, 0.29) is 6.42 Å². The lowest BCUT2D eigenvalue weighted by Gasteiger charge is -2.12. The molecule has 0 radical (unpaired) electrons. The molecule has 3 aromatic rings. The third-order valence-corrected chi connectivity index (χ3v) is 4.46. The summed E-state index contributed by atoms with van der Waals surface area (Å²) in [6.07, 6.45) is 0.153. The number of carboxylic acid groups (broad SMARTS) is 1. The molecule has 1 unspecified atom stereocenters. The number of hydrogen-bond acceptors (Lipinski definition) is 5. The molecule has 128 valence electrons. The molecule has 1 aromatic heterocycles. The molecule has 0 amide bonds. The number of benzene rings is 2. The number of carboxylic acids is 1. The summed E-state index contributed by atoms with van der Waals surface area (Å²) in [5.74, 6) is -0.589. The molecule has 0 aliphatic rings. The lowest BCUT2D eigenvalue weighted by molar-refractivity contribution is -0.138. The zero-order valence-corrected chi connectivity index (χ0v) is 14.3. The molecule has 0 aliphatic carbocycles. The molecule has 0 fully saturated rings. The van der Waals surface area contributed by atoms with Gasteiger partial charge in [-0.05, 0) is 34.9 Å². The number of nitrogens with two attached hydrogens (primary N) is 1. The van der Waals surface area contributed by atoms with Gasteiger partial charge >= 0.3 is 5.97 Å². The first-order chi connectivity index (χ1) is 12.0. The Hall–Kier alpha value is -2.48. The van der Waals surface area contributed by atoms with E-state index in [4.69, 9.17) is 34.0 Å². The Balaban J connectivity index is 1.95. The number of tetrazole rings is 1. The minimum absolute atomic E-state index is 0.153. The number of nitrogens with one attached hydrogen (secondary N) is 1. The summed E-state index contributed by atoms with van der Waals surface area (Å²) in [4.78, 5) is 11.0. The monoisotopic (exact) mass is 377 g/mol. The van der Waals surface area contributed by atoms with Crippen molar-refractivity contribution < 1.29 is 9.90 Å². The number of nitrogens with zero attached hydrogens (tertiary/aromatic N) is 3. The summed E-state index contributed by atoms with van der Waals surface area (Å²) in [7, 11) is 0. The van der Waals surface area contributed by atoms with E-state index >= 15 is 0 Å². The molecular weight excluding hydrogens is 365 g/mol. The van der Waals surface area contributed by atoms with Gasteiger partial charge in [0.25, 0.3) is 0 Å². The molecule has 2 aromatic carbocycles. The Kier molecular flexibility index (Phi) is 4.98. The highest BCUT2D eigenvalue weighted by molar-refractivity contribution is 6.43. The van der Waals surface area contributed by atoms with Crippen LogP contribution in [-0.2, 0) is 11.2 Å². The minimum atomic E-state index is -1.07. The van der Waals surface area contributed by atoms with Gasteiger partial charge in [-0.15, -0.1) is 10.2 Å². The van der Waals surface area contributed by atoms with Crippen molar-refractivity contribution in [1.82, 2.24) is 20.6 Å². The van der Waals surface area contributed by atoms with Crippen LogP contribution in [0.4, 0.5) is 0 Å². The summed E-state index contributed by atoms with van der Waals surface area (Å²) in [5.41, 5.74) is 8.61. The van der Waals surface area contributed by atoms with Crippen LogP contribution in [0.5, 0.6) is 0 Å². The first-order valence-electron chi connectivity index (χ1n) is 7.26. The van der Waals surface area contributed by atoms with Gasteiger partial charge in [0.15, 0.2) is 0 Å². The highest BCUT2D eigenvalue weighted by Gasteiger charge is 2.16. The Morgan fingerprint density at radius 3 is 2.48 bits per heavy atom. The number of carbonyl (C=O) groups is 1. The number of rotatable bonds is 5. The molecule has 1 heterocycles. The van der Waals surface area contributed by atoms with Crippen molar-refractivity contribution in [2.75, 3.05) is 0 Å². The zero-order chi connectivity index (χ0) is 18.0. The number of aliphatic carboxylic acids is 1. The van der Waals surface area contributed by atoms with Crippen molar-refractivity contribution in [3.05, 3.63) is 52.0 Å². The molecule has 0 spiro atoms. The summed E-state index contributed by atoms with van der Waals surface area (Å²) in [5, 5.41) is 23.5. The maximum Gasteiger partial charge on any atom is 0.320 e. The summed E-state index contributed by atoms with van der Waals surface area (Å²) in [6.45, 7) is 0. The molecule has 0 saturated carbocycles. The van der Waals surface area contributed by atoms with E-state index in [2.05, 4.69) is 20.6 Å². The quantitative estimate of drug-likeness (QED) is 0.628. The Morgan fingerprint density at radius 2 is 1.88 bits per heavy atom. The van der Waals surface area contributed by atoms with E-state index in [0.717, 1.165) is 11.1 Å². The van der Waals surface area contributed by atoms with Crippen LogP contribution in [0, 0.1) is 0 Å². The van der Waals surface area contributed by atoms with Gasteiger partial charge in [-0.25, -0.2) is 0 Å². The lowest BCUT2D eigenvalue weighted by atomic mass is 9.98. The molecule has 0 aliphatic heterocycles. The number of hydrogen-bond donors (Lipinski definition) is 3. The Morgan fingerprint density at radius 1 is 1.20 bits per heavy atom. The van der Waals surface area contributed by atoms with Crippen LogP contribution < -0.4 is 5.73 Å². The van der Waals surface area contributed by atoms with Crippen LogP contribution in [0.15, 0.2) is 36.4 Å². The third-order valence-electron chi connectivity index (χ3n) is 3.66. The fourth-order valence-corrected chi connectivity index (χ4v) is 2.86. The van der Waals surface area contributed by atoms with Crippen LogP contribution in [0.1, 0.15) is 5.56 Å². The van der Waals surface area contributed by atoms with Gasteiger partial charge in [-0.3, -0.25) is 4.79 Å². The molecule has 4 N–H and O–H groups in total. The molecule has 7 nitrogen and oxygen atoms in total. The average Bonchev–Trinajstić information content (AvgIpc) is 3.12. The van der Waals surface area contributed by atoms with E-state index < -0.39 is 12.0 Å². The van der Waals surface area contributed by atoms with Gasteiger partial charge in [0.1, 0.15) is 6.04 Å². The van der Waals surface area contributed by atoms with Gasteiger partial charge in [0.05, 0.1) is 10.0 Å². The van der Waals surface area contributed by atoms with Gasteiger partial charge in [-0.2, -0.15) is 5.21 Å². The number of halogens is 2. The highest BCUT2D eigenvalue weighted by Crippen LogP contribution is 2.35. The topological polar surface area (TPSA) is 118 Å². The van der Waals surface area contributed by atoms with Crippen LogP contribution in [0.3, 0.4) is 0 Å². The third kappa shape index (κ3) is 3.79. The Bertz CT molecular complexity index is 898. The van der Waals surface area contributed by atoms with E-state index in [9.17, 15) is 4.79 Å². The average molecular weight is 378 g/mol. The van der Waals surface area contributed by atoms with Crippen molar-refractivity contribution in [3.8, 4) is 22.5 Å². The van der Waals surface area contributed by atoms with Crippen molar-refractivity contribution in [2.24, 2.45) is 5.73 Å². The van der Waals surface area contributed by atoms with E-state index in [1.165, 1.54) is 0 Å². The predicted octanol–water partition coefficient (Wildman–Crippen LogP) is 2.79. The predicted molar refractivity (Wildman–Crippen MR) is 94.4 cm³/mol. The van der Waals surface area contributed by atoms with Gasteiger partial charge in [-0.1, -0.05) is 47.5 Å². The minimum Gasteiger partial charge on any atom is -0.480 e. The fraction of sp³-hybridized carbons (Fsp3) is 0.125. The second-order valence-electron chi connectivity index (χ2n) is 5.40. The second kappa shape index (κ2) is 7.18. The van der Waals surface area contributed by atoms with Gasteiger partial charge in [0.2, 0.25) is 5.82 Å². The lowest BCUT2D eigenvalue weighted by Crippen LogP contribution is -2.32. The van der Waals surface area contributed by atoms with Gasteiger partial charge in [0, 0.05) is 11.1 Å². The Labute approximate surface area is 152 Å². The highest BCUT2D eigenvalue weighted by atomic mass is 35.5. The first-order valence-corrected chi connectivity index (χ1v) is 8.02. The summed E-state index contributed by atoms with van der Waals surface area (Å²) in [6, 6.07) is 9.78. The zero-order valence-electron chi connectivity index (χ0n) is 12.8. The first kappa shape index (κ1) is 17.3. The number of H-pyrrole nitrogens is 1. The summed E-state index contributed by atoms with van der Waals surface area (Å²) < 4.78 is 0. The maximum atomic E-state index is 11.0.